The van der Waals surface area contributed by atoms with E-state index in [-0.39, 0.29) is 12.2 Å². The molecule has 1 aromatic heterocycles. The predicted octanol–water partition coefficient (Wildman–Crippen LogP) is 5.42. The molecule has 0 saturated carbocycles. The number of hydrogen-bond donors (Lipinski definition) is 0. The van der Waals surface area contributed by atoms with E-state index in [1.807, 2.05) is 97.5 Å². The lowest BCUT2D eigenvalue weighted by Crippen LogP contribution is -2.39. The van der Waals surface area contributed by atoms with Gasteiger partial charge in [-0.1, -0.05) is 65.9 Å². The molecule has 0 radical (unpaired) electrons. The lowest BCUT2D eigenvalue weighted by molar-refractivity contribution is -0.140. The van der Waals surface area contributed by atoms with Crippen molar-refractivity contribution in [1.29, 1.82) is 0 Å². The summed E-state index contributed by atoms with van der Waals surface area (Å²) in [6.45, 7) is 1.95. The van der Waals surface area contributed by atoms with Gasteiger partial charge in [0.15, 0.2) is 4.80 Å². The lowest BCUT2D eigenvalue weighted by Gasteiger charge is -2.25. The van der Waals surface area contributed by atoms with Crippen molar-refractivity contribution in [2.45, 2.75) is 29.4 Å². The Hall–Kier alpha value is -3.33. The number of carbonyl (C=O) groups is 1. The number of fused-ring (bicyclic) bond motifs is 1. The molecule has 1 atom stereocenters. The van der Waals surface area contributed by atoms with Crippen LogP contribution in [0.5, 0.6) is 0 Å². The maximum Gasteiger partial charge on any atom is 0.338 e. The molecule has 1 aliphatic heterocycles. The van der Waals surface area contributed by atoms with Gasteiger partial charge in [0.05, 0.1) is 21.8 Å². The maximum absolute atomic E-state index is 13.8. The molecule has 4 aromatic rings. The summed E-state index contributed by atoms with van der Waals surface area (Å²) in [4.78, 5) is 34.8. The molecule has 0 amide bonds. The van der Waals surface area contributed by atoms with Gasteiger partial charge >= 0.3 is 5.97 Å². The first-order chi connectivity index (χ1) is 18.5. The van der Waals surface area contributed by atoms with Gasteiger partial charge in [-0.2, -0.15) is 0 Å². The Morgan fingerprint density at radius 2 is 1.61 bits per heavy atom. The molecule has 5 rings (SSSR count). The van der Waals surface area contributed by atoms with Gasteiger partial charge in [-0.15, -0.1) is 23.5 Å². The molecule has 38 heavy (non-hydrogen) atoms. The third kappa shape index (κ3) is 5.43. The topological polar surface area (TPSA) is 60.7 Å². The second-order valence-corrected chi connectivity index (χ2v) is 11.5. The molecule has 1 unspecified atom stereocenters. The summed E-state index contributed by atoms with van der Waals surface area (Å²) in [6, 6.07) is 24.9. The van der Waals surface area contributed by atoms with Crippen molar-refractivity contribution in [1.82, 2.24) is 4.57 Å². The average molecular weight is 559 g/mol. The summed E-state index contributed by atoms with van der Waals surface area (Å²) >= 11 is 4.64. The number of esters is 1. The molecule has 0 N–H and O–H groups in total. The predicted molar refractivity (Wildman–Crippen MR) is 156 cm³/mol. The molecule has 0 bridgehead atoms. The zero-order valence-corrected chi connectivity index (χ0v) is 23.7. The van der Waals surface area contributed by atoms with Crippen LogP contribution in [0.15, 0.2) is 110 Å². The molecule has 0 spiro atoms. The zero-order chi connectivity index (χ0) is 26.6. The molecule has 192 valence electrons. The zero-order valence-electron chi connectivity index (χ0n) is 21.2. The third-order valence-electron chi connectivity index (χ3n) is 6.30. The molecule has 0 aliphatic carbocycles. The van der Waals surface area contributed by atoms with Crippen molar-refractivity contribution < 1.29 is 9.53 Å². The van der Waals surface area contributed by atoms with Crippen LogP contribution >= 0.6 is 34.9 Å². The Bertz CT molecular complexity index is 1670. The van der Waals surface area contributed by atoms with Crippen molar-refractivity contribution in [3.05, 3.63) is 127 Å². The Balaban J connectivity index is 1.60. The smallest absolute Gasteiger partial charge is 0.338 e. The number of ether oxygens (including phenoxy) is 1. The van der Waals surface area contributed by atoms with E-state index in [0.29, 0.717) is 20.6 Å². The van der Waals surface area contributed by atoms with Crippen LogP contribution in [0.25, 0.3) is 6.08 Å². The molecular formula is C30H26N2O3S3. The number of thiazole rings is 1. The van der Waals surface area contributed by atoms with Gasteiger partial charge < -0.3 is 4.74 Å². The minimum atomic E-state index is -0.633. The number of rotatable bonds is 7. The summed E-state index contributed by atoms with van der Waals surface area (Å²) in [5, 5.41) is 0. The van der Waals surface area contributed by atoms with Crippen molar-refractivity contribution in [3.63, 3.8) is 0 Å². The van der Waals surface area contributed by atoms with Crippen molar-refractivity contribution in [2.24, 2.45) is 4.99 Å². The fourth-order valence-corrected chi connectivity index (χ4v) is 6.20. The molecule has 1 aliphatic rings. The van der Waals surface area contributed by atoms with Crippen LogP contribution in [0.2, 0.25) is 0 Å². The number of thioether (sulfide) groups is 2. The monoisotopic (exact) mass is 558 g/mol. The number of hydrogen-bond acceptors (Lipinski definition) is 7. The van der Waals surface area contributed by atoms with Gasteiger partial charge in [-0.25, -0.2) is 9.79 Å². The number of allylic oxidation sites excluding steroid dienone is 1. The van der Waals surface area contributed by atoms with E-state index in [1.165, 1.54) is 11.3 Å². The summed E-state index contributed by atoms with van der Waals surface area (Å²) in [5.74, 6) is -0.476. The van der Waals surface area contributed by atoms with Crippen LogP contribution in [0.1, 0.15) is 29.7 Å². The SMILES string of the molecule is CSc1ccc(C=c2sc3n(c2=O)C(c2ccc(SC)cc2)C(C(=O)OCc2ccccc2)=C(C)N=3)cc1. The molecular weight excluding hydrogens is 533 g/mol. The Kier molecular flexibility index (Phi) is 8.02. The fourth-order valence-electron chi connectivity index (χ4n) is 4.34. The first kappa shape index (κ1) is 26.3. The molecule has 0 saturated heterocycles. The van der Waals surface area contributed by atoms with Crippen molar-refractivity contribution in [2.75, 3.05) is 12.5 Å². The maximum atomic E-state index is 13.8. The first-order valence-corrected chi connectivity index (χ1v) is 15.3. The first-order valence-electron chi connectivity index (χ1n) is 12.0. The Morgan fingerprint density at radius 1 is 0.974 bits per heavy atom. The summed E-state index contributed by atoms with van der Waals surface area (Å²) in [5.41, 5.74) is 3.42. The standard InChI is InChI=1S/C30H26N2O3S3/c1-19-26(29(34)35-18-21-7-5-4-6-8-21)27(22-11-15-24(37-3)16-12-22)32-28(33)25(38-30(32)31-19)17-20-9-13-23(36-2)14-10-20/h4-17,27H,18H2,1-3H3. The average Bonchev–Trinajstić information content (AvgIpc) is 3.26. The van der Waals surface area contributed by atoms with Crippen molar-refractivity contribution >= 4 is 46.9 Å². The van der Waals surface area contributed by atoms with Crippen molar-refractivity contribution in [3.8, 4) is 0 Å². The van der Waals surface area contributed by atoms with Gasteiger partial charge in [-0.3, -0.25) is 9.36 Å². The van der Waals surface area contributed by atoms with E-state index in [4.69, 9.17) is 9.73 Å². The van der Waals surface area contributed by atoms with E-state index >= 15 is 0 Å². The van der Waals surface area contributed by atoms with Gasteiger partial charge in [0.2, 0.25) is 0 Å². The largest absolute Gasteiger partial charge is 0.457 e. The van der Waals surface area contributed by atoms with Crippen LogP contribution in [-0.2, 0) is 16.1 Å². The third-order valence-corrected chi connectivity index (χ3v) is 8.77. The van der Waals surface area contributed by atoms with E-state index in [2.05, 4.69) is 0 Å². The lowest BCUT2D eigenvalue weighted by atomic mass is 9.96. The number of aromatic nitrogens is 1. The quantitative estimate of drug-likeness (QED) is 0.224. The second-order valence-electron chi connectivity index (χ2n) is 8.69. The van der Waals surface area contributed by atoms with Crippen LogP contribution < -0.4 is 14.9 Å². The van der Waals surface area contributed by atoms with Gasteiger partial charge in [0.1, 0.15) is 6.61 Å². The van der Waals surface area contributed by atoms with Gasteiger partial charge in [-0.05, 0) is 66.5 Å². The summed E-state index contributed by atoms with van der Waals surface area (Å²) < 4.78 is 7.93. The molecule has 5 nitrogen and oxygen atoms in total. The van der Waals surface area contributed by atoms with Crippen LogP contribution in [-0.4, -0.2) is 23.0 Å². The van der Waals surface area contributed by atoms with Gasteiger partial charge in [0, 0.05) is 9.79 Å². The van der Waals surface area contributed by atoms with E-state index in [9.17, 15) is 9.59 Å². The minimum Gasteiger partial charge on any atom is -0.457 e. The molecule has 8 heteroatoms. The highest BCUT2D eigenvalue weighted by Gasteiger charge is 2.33. The summed E-state index contributed by atoms with van der Waals surface area (Å²) in [7, 11) is 0. The second kappa shape index (κ2) is 11.6. The van der Waals surface area contributed by atoms with Gasteiger partial charge in [0.25, 0.3) is 5.56 Å². The fraction of sp³-hybridized carbons (Fsp3) is 0.167. The summed E-state index contributed by atoms with van der Waals surface area (Å²) in [6.07, 6.45) is 5.93. The van der Waals surface area contributed by atoms with E-state index in [0.717, 1.165) is 26.5 Å². The number of nitrogens with zero attached hydrogens (tertiary/aromatic N) is 2. The molecule has 3 aromatic carbocycles. The number of carbonyl (C=O) groups excluding carboxylic acids is 1. The van der Waals surface area contributed by atoms with Crippen LogP contribution in [0.3, 0.4) is 0 Å². The highest BCUT2D eigenvalue weighted by atomic mass is 32.2. The van der Waals surface area contributed by atoms with E-state index in [1.54, 1.807) is 35.0 Å². The Morgan fingerprint density at radius 3 is 2.24 bits per heavy atom. The molecule has 0 fully saturated rings. The highest BCUT2D eigenvalue weighted by molar-refractivity contribution is 7.98. The normalized spacial score (nSPS) is 15.2. The van der Waals surface area contributed by atoms with Crippen LogP contribution in [0.4, 0.5) is 0 Å². The minimum absolute atomic E-state index is 0.144. The highest BCUT2D eigenvalue weighted by Crippen LogP contribution is 2.32. The Labute approximate surface area is 233 Å². The molecule has 2 heterocycles. The van der Waals surface area contributed by atoms with Crippen LogP contribution in [0, 0.1) is 0 Å². The van der Waals surface area contributed by atoms with E-state index < -0.39 is 12.0 Å². The number of benzene rings is 3.